The molecule has 32 heavy (non-hydrogen) atoms. The van der Waals surface area contributed by atoms with Crippen LogP contribution >= 0.6 is 11.6 Å². The zero-order valence-corrected chi connectivity index (χ0v) is 20.0. The molecule has 2 heterocycles. The van der Waals surface area contributed by atoms with Gasteiger partial charge in [0.05, 0.1) is 24.4 Å². The van der Waals surface area contributed by atoms with Crippen molar-refractivity contribution in [2.24, 2.45) is 5.92 Å². The van der Waals surface area contributed by atoms with E-state index in [4.69, 9.17) is 16.3 Å². The first-order chi connectivity index (χ1) is 15.0. The fraction of sp³-hybridized carbons (Fsp3) is 0.500. The van der Waals surface area contributed by atoms with E-state index in [1.165, 1.54) is 7.11 Å². The lowest BCUT2D eigenvalue weighted by molar-refractivity contribution is -0.130. The molecular formula is C22H31ClN6O3. The SMILES string of the molecule is CCC1C(=O)NC(n2nc(C(C)(C)C)cc2NC(=O)Nc2cc(Cl)ccc2OC)NC1C. The number of urea groups is 1. The number of ether oxygens (including phenoxy) is 1. The van der Waals surface area contributed by atoms with Crippen molar-refractivity contribution in [3.63, 3.8) is 0 Å². The first kappa shape index (κ1) is 23.9. The molecule has 3 amide bonds. The summed E-state index contributed by atoms with van der Waals surface area (Å²) in [4.78, 5) is 25.4. The van der Waals surface area contributed by atoms with Crippen molar-refractivity contribution in [3.8, 4) is 5.75 Å². The van der Waals surface area contributed by atoms with E-state index in [9.17, 15) is 9.59 Å². The Morgan fingerprint density at radius 1 is 1.28 bits per heavy atom. The lowest BCUT2D eigenvalue weighted by Crippen LogP contribution is -2.57. The number of hydrogen-bond donors (Lipinski definition) is 4. The van der Waals surface area contributed by atoms with Crippen LogP contribution in [-0.2, 0) is 10.2 Å². The van der Waals surface area contributed by atoms with E-state index in [1.807, 2.05) is 34.6 Å². The average Bonchev–Trinajstić information content (AvgIpc) is 3.12. The highest BCUT2D eigenvalue weighted by Crippen LogP contribution is 2.29. The Hall–Kier alpha value is -2.78. The lowest BCUT2D eigenvalue weighted by atomic mass is 9.92. The summed E-state index contributed by atoms with van der Waals surface area (Å²) < 4.78 is 6.88. The van der Waals surface area contributed by atoms with E-state index < -0.39 is 12.3 Å². The maximum Gasteiger partial charge on any atom is 0.324 e. The number of hydrogen-bond acceptors (Lipinski definition) is 5. The molecule has 0 radical (unpaired) electrons. The van der Waals surface area contributed by atoms with E-state index in [-0.39, 0.29) is 23.3 Å². The summed E-state index contributed by atoms with van der Waals surface area (Å²) in [7, 11) is 1.51. The van der Waals surface area contributed by atoms with Gasteiger partial charge in [0, 0.05) is 22.5 Å². The largest absolute Gasteiger partial charge is 0.495 e. The Kier molecular flexibility index (Phi) is 7.00. The first-order valence-electron chi connectivity index (χ1n) is 10.6. The van der Waals surface area contributed by atoms with Crippen LogP contribution in [0.1, 0.15) is 53.0 Å². The predicted octanol–water partition coefficient (Wildman–Crippen LogP) is 4.08. The molecule has 1 fully saturated rings. The monoisotopic (exact) mass is 462 g/mol. The van der Waals surface area contributed by atoms with Gasteiger partial charge in [-0.05, 0) is 31.5 Å². The summed E-state index contributed by atoms with van der Waals surface area (Å²) in [5, 5.41) is 17.1. The highest BCUT2D eigenvalue weighted by Gasteiger charge is 2.35. The second kappa shape index (κ2) is 9.38. The summed E-state index contributed by atoms with van der Waals surface area (Å²) in [6.45, 7) is 10.0. The molecule has 0 bridgehead atoms. The van der Waals surface area contributed by atoms with Crippen molar-refractivity contribution in [3.05, 3.63) is 35.0 Å². The molecule has 4 N–H and O–H groups in total. The summed E-state index contributed by atoms with van der Waals surface area (Å²) in [5.41, 5.74) is 0.947. The van der Waals surface area contributed by atoms with Gasteiger partial charge in [-0.3, -0.25) is 15.4 Å². The van der Waals surface area contributed by atoms with Crippen LogP contribution in [0.2, 0.25) is 5.02 Å². The normalized spacial score (nSPS) is 21.1. The Bertz CT molecular complexity index is 1000. The number of halogens is 1. The van der Waals surface area contributed by atoms with Crippen LogP contribution in [0.25, 0.3) is 0 Å². The second-order valence-electron chi connectivity index (χ2n) is 8.91. The van der Waals surface area contributed by atoms with E-state index in [1.54, 1.807) is 28.9 Å². The van der Waals surface area contributed by atoms with Crippen molar-refractivity contribution in [2.75, 3.05) is 17.7 Å². The number of carbonyl (C=O) groups excluding carboxylic acids is 2. The van der Waals surface area contributed by atoms with E-state index in [0.717, 1.165) is 12.1 Å². The van der Waals surface area contributed by atoms with Crippen molar-refractivity contribution < 1.29 is 14.3 Å². The zero-order valence-electron chi connectivity index (χ0n) is 19.2. The molecule has 1 aromatic carbocycles. The van der Waals surface area contributed by atoms with Crippen LogP contribution in [0, 0.1) is 5.92 Å². The molecule has 1 aliphatic rings. The smallest absolute Gasteiger partial charge is 0.324 e. The molecule has 9 nitrogen and oxygen atoms in total. The number of nitrogens with zero attached hydrogens (tertiary/aromatic N) is 2. The number of rotatable bonds is 5. The molecule has 10 heteroatoms. The number of nitrogens with one attached hydrogen (secondary N) is 4. The van der Waals surface area contributed by atoms with Gasteiger partial charge in [-0.15, -0.1) is 0 Å². The van der Waals surface area contributed by atoms with Crippen molar-refractivity contribution in [1.82, 2.24) is 20.4 Å². The third-order valence-electron chi connectivity index (χ3n) is 5.48. The molecule has 1 saturated heterocycles. The molecule has 2 aromatic rings. The summed E-state index contributed by atoms with van der Waals surface area (Å²) in [5.74, 6) is 0.747. The third kappa shape index (κ3) is 5.16. The van der Waals surface area contributed by atoms with Gasteiger partial charge < -0.3 is 15.4 Å². The Balaban J connectivity index is 1.88. The van der Waals surface area contributed by atoms with Crippen LogP contribution in [0.3, 0.4) is 0 Å². The van der Waals surface area contributed by atoms with Crippen molar-refractivity contribution >= 4 is 35.0 Å². The topological polar surface area (TPSA) is 109 Å². The minimum absolute atomic E-state index is 0.0431. The average molecular weight is 463 g/mol. The molecule has 1 aromatic heterocycles. The summed E-state index contributed by atoms with van der Waals surface area (Å²) >= 11 is 6.06. The fourth-order valence-corrected chi connectivity index (χ4v) is 3.82. The molecule has 174 valence electrons. The Morgan fingerprint density at radius 3 is 2.59 bits per heavy atom. The van der Waals surface area contributed by atoms with Gasteiger partial charge in [-0.1, -0.05) is 39.3 Å². The molecule has 1 aliphatic heterocycles. The van der Waals surface area contributed by atoms with Gasteiger partial charge in [0.1, 0.15) is 11.6 Å². The van der Waals surface area contributed by atoms with Crippen LogP contribution in [0.4, 0.5) is 16.3 Å². The molecule has 3 atom stereocenters. The minimum atomic E-state index is -0.590. The highest BCUT2D eigenvalue weighted by atomic mass is 35.5. The number of methoxy groups -OCH3 is 1. The molecule has 3 rings (SSSR count). The van der Waals surface area contributed by atoms with Gasteiger partial charge in [0.2, 0.25) is 5.91 Å². The molecular weight excluding hydrogens is 432 g/mol. The summed E-state index contributed by atoms with van der Waals surface area (Å²) in [6, 6.07) is 6.22. The van der Waals surface area contributed by atoms with Crippen LogP contribution in [0.15, 0.2) is 24.3 Å². The molecule has 0 spiro atoms. The van der Waals surface area contributed by atoms with Gasteiger partial charge >= 0.3 is 6.03 Å². The number of carbonyl (C=O) groups is 2. The standard InChI is InChI=1S/C22H31ClN6O3/c1-7-14-12(2)24-20(27-19(14)30)29-18(11-17(28-29)22(3,4)5)26-21(31)25-15-10-13(23)8-9-16(15)32-6/h8-12,14,20,24H,7H2,1-6H3,(H,27,30)(H2,25,26,31). The molecule has 0 aliphatic carbocycles. The lowest BCUT2D eigenvalue weighted by Gasteiger charge is -2.35. The van der Waals surface area contributed by atoms with Crippen LogP contribution in [-0.4, -0.2) is 34.9 Å². The Morgan fingerprint density at radius 2 is 2.00 bits per heavy atom. The number of amides is 3. The highest BCUT2D eigenvalue weighted by molar-refractivity contribution is 6.31. The maximum atomic E-state index is 12.8. The first-order valence-corrected chi connectivity index (χ1v) is 11.0. The van der Waals surface area contributed by atoms with Crippen LogP contribution < -0.4 is 26.0 Å². The maximum absolute atomic E-state index is 12.8. The van der Waals surface area contributed by atoms with Crippen molar-refractivity contribution in [1.29, 1.82) is 0 Å². The Labute approximate surface area is 193 Å². The number of benzene rings is 1. The number of anilines is 2. The van der Waals surface area contributed by atoms with Gasteiger partial charge in [0.15, 0.2) is 6.29 Å². The third-order valence-corrected chi connectivity index (χ3v) is 5.72. The molecule has 0 saturated carbocycles. The van der Waals surface area contributed by atoms with Gasteiger partial charge in [-0.25, -0.2) is 9.48 Å². The van der Waals surface area contributed by atoms with Crippen LogP contribution in [0.5, 0.6) is 5.75 Å². The number of aromatic nitrogens is 2. The minimum Gasteiger partial charge on any atom is -0.495 e. The summed E-state index contributed by atoms with van der Waals surface area (Å²) in [6.07, 6.45) is 0.140. The second-order valence-corrected chi connectivity index (χ2v) is 9.35. The van der Waals surface area contributed by atoms with E-state index >= 15 is 0 Å². The zero-order chi connectivity index (χ0) is 23.6. The molecule has 3 unspecified atom stereocenters. The van der Waals surface area contributed by atoms with E-state index in [0.29, 0.717) is 22.3 Å². The predicted molar refractivity (Wildman–Crippen MR) is 125 cm³/mol. The van der Waals surface area contributed by atoms with Gasteiger partial charge in [0.25, 0.3) is 0 Å². The van der Waals surface area contributed by atoms with E-state index in [2.05, 4.69) is 26.4 Å². The quantitative estimate of drug-likeness (QED) is 0.535. The van der Waals surface area contributed by atoms with Crippen molar-refractivity contribution in [2.45, 2.75) is 58.8 Å². The van der Waals surface area contributed by atoms with Gasteiger partial charge in [-0.2, -0.15) is 5.10 Å². The fourth-order valence-electron chi connectivity index (χ4n) is 3.65.